The van der Waals surface area contributed by atoms with Crippen molar-refractivity contribution < 1.29 is 23.8 Å². The average molecular weight is 424 g/mol. The first-order valence-electron chi connectivity index (χ1n) is 10.4. The van der Waals surface area contributed by atoms with Crippen LogP contribution in [0.2, 0.25) is 0 Å². The fraction of sp³-hybridized carbons (Fsp3) is 0.333. The van der Waals surface area contributed by atoms with E-state index in [1.54, 1.807) is 23.1 Å². The number of carbonyl (C=O) groups is 2. The Morgan fingerprint density at radius 1 is 1.23 bits per heavy atom. The maximum absolute atomic E-state index is 13.1. The van der Waals surface area contributed by atoms with Gasteiger partial charge in [-0.05, 0) is 43.4 Å². The largest absolute Gasteiger partial charge is 0.503 e. The molecule has 2 aromatic rings. The molecule has 3 rings (SSSR count). The van der Waals surface area contributed by atoms with Gasteiger partial charge in [-0.25, -0.2) is 0 Å². The molecule has 1 amide bonds. The van der Waals surface area contributed by atoms with Gasteiger partial charge in [0, 0.05) is 18.7 Å². The molecule has 0 spiro atoms. The van der Waals surface area contributed by atoms with Crippen molar-refractivity contribution in [2.45, 2.75) is 19.9 Å². The van der Waals surface area contributed by atoms with Crippen LogP contribution in [-0.2, 0) is 9.59 Å². The van der Waals surface area contributed by atoms with Gasteiger partial charge in [0.15, 0.2) is 11.5 Å². The van der Waals surface area contributed by atoms with Gasteiger partial charge in [-0.15, -0.1) is 0 Å². The van der Waals surface area contributed by atoms with Crippen molar-refractivity contribution in [2.75, 3.05) is 33.3 Å². The van der Waals surface area contributed by atoms with Gasteiger partial charge >= 0.3 is 0 Å². The van der Waals surface area contributed by atoms with Crippen LogP contribution in [0.3, 0.4) is 0 Å². The topological polar surface area (TPSA) is 83.2 Å². The first-order chi connectivity index (χ1) is 15.0. The molecular formula is C24H28N2O5. The van der Waals surface area contributed by atoms with Gasteiger partial charge in [-0.1, -0.05) is 32.0 Å². The molecule has 1 unspecified atom stereocenters. The van der Waals surface area contributed by atoms with Crippen molar-refractivity contribution in [1.82, 2.24) is 9.80 Å². The minimum Gasteiger partial charge on any atom is -0.503 e. The number of hydrogen-bond donors (Lipinski definition) is 1. The van der Waals surface area contributed by atoms with Crippen LogP contribution in [0.1, 0.15) is 31.2 Å². The van der Waals surface area contributed by atoms with Gasteiger partial charge in [0.1, 0.15) is 11.5 Å². The number of nitrogens with zero attached hydrogens (tertiary/aromatic N) is 2. The Labute approximate surface area is 182 Å². The third kappa shape index (κ3) is 4.72. The summed E-state index contributed by atoms with van der Waals surface area (Å²) in [6.07, 6.45) is 4.34. The molecule has 0 aliphatic carbocycles. The van der Waals surface area contributed by atoms with Gasteiger partial charge < -0.3 is 24.1 Å². The highest BCUT2D eigenvalue weighted by molar-refractivity contribution is 6.14. The number of furan rings is 1. The molecule has 1 N–H and O–H groups in total. The van der Waals surface area contributed by atoms with Gasteiger partial charge in [-0.2, -0.15) is 0 Å². The molecule has 0 radical (unpaired) electrons. The molecule has 7 nitrogen and oxygen atoms in total. The van der Waals surface area contributed by atoms with Crippen LogP contribution in [0.25, 0.3) is 6.08 Å². The summed E-state index contributed by atoms with van der Waals surface area (Å²) in [7, 11) is 1.54. The molecule has 1 aliphatic heterocycles. The predicted octanol–water partition coefficient (Wildman–Crippen LogP) is 3.61. The Bertz CT molecular complexity index is 974. The maximum atomic E-state index is 13.1. The first-order valence-corrected chi connectivity index (χ1v) is 10.4. The summed E-state index contributed by atoms with van der Waals surface area (Å²) in [4.78, 5) is 29.8. The lowest BCUT2D eigenvalue weighted by Gasteiger charge is -2.30. The number of ether oxygens (including phenoxy) is 1. The van der Waals surface area contributed by atoms with Crippen molar-refractivity contribution in [3.63, 3.8) is 0 Å². The Morgan fingerprint density at radius 2 is 1.97 bits per heavy atom. The number of aliphatic hydroxyl groups is 1. The molecule has 2 heterocycles. The number of rotatable bonds is 10. The van der Waals surface area contributed by atoms with Crippen molar-refractivity contribution in [1.29, 1.82) is 0 Å². The van der Waals surface area contributed by atoms with E-state index >= 15 is 0 Å². The lowest BCUT2D eigenvalue weighted by Crippen LogP contribution is -2.38. The van der Waals surface area contributed by atoms with E-state index in [1.165, 1.54) is 25.5 Å². The Balaban J connectivity index is 1.99. The molecule has 0 saturated carbocycles. The fourth-order valence-electron chi connectivity index (χ4n) is 3.77. The molecule has 1 aromatic heterocycles. The highest BCUT2D eigenvalue weighted by Crippen LogP contribution is 2.41. The summed E-state index contributed by atoms with van der Waals surface area (Å²) in [6.45, 7) is 6.78. The lowest BCUT2D eigenvalue weighted by molar-refractivity contribution is -0.129. The minimum atomic E-state index is -0.743. The van der Waals surface area contributed by atoms with E-state index in [9.17, 15) is 14.7 Å². The molecule has 1 aliphatic rings. The monoisotopic (exact) mass is 424 g/mol. The summed E-state index contributed by atoms with van der Waals surface area (Å²) in [5.74, 6) is -0.487. The number of para-hydroxylation sites is 1. The highest BCUT2D eigenvalue weighted by Gasteiger charge is 2.43. The molecule has 31 heavy (non-hydrogen) atoms. The zero-order valence-electron chi connectivity index (χ0n) is 18.1. The molecule has 0 bridgehead atoms. The third-order valence-corrected chi connectivity index (χ3v) is 5.50. The number of allylic oxidation sites excluding steroid dienone is 1. The summed E-state index contributed by atoms with van der Waals surface area (Å²) in [5, 5.41) is 10.7. The second kappa shape index (κ2) is 10.1. The fourth-order valence-corrected chi connectivity index (χ4v) is 3.77. The molecule has 0 fully saturated rings. The second-order valence-electron chi connectivity index (χ2n) is 7.15. The van der Waals surface area contributed by atoms with Gasteiger partial charge in [0.05, 0.1) is 25.0 Å². The summed E-state index contributed by atoms with van der Waals surface area (Å²) in [6, 6.07) is 9.91. The first kappa shape index (κ1) is 22.4. The smallest absolute Gasteiger partial charge is 0.290 e. The Hall–Kier alpha value is -3.32. The van der Waals surface area contributed by atoms with Crippen LogP contribution in [0.5, 0.6) is 5.75 Å². The lowest BCUT2D eigenvalue weighted by atomic mass is 9.95. The van der Waals surface area contributed by atoms with Crippen molar-refractivity contribution in [3.05, 3.63) is 71.4 Å². The minimum absolute atomic E-state index is 0.0388. The SMILES string of the molecule is CCN(CC)CCN1C(=O)C(O)=C(C(=O)/C=C/c2ccco2)C1c1ccccc1OC. The Kier molecular flexibility index (Phi) is 7.31. The molecule has 1 aromatic carbocycles. The van der Waals surface area contributed by atoms with Gasteiger partial charge in [0.25, 0.3) is 5.91 Å². The van der Waals surface area contributed by atoms with E-state index in [1.807, 2.05) is 18.2 Å². The normalized spacial score (nSPS) is 16.7. The molecule has 164 valence electrons. The summed E-state index contributed by atoms with van der Waals surface area (Å²) < 4.78 is 10.7. The van der Waals surface area contributed by atoms with Crippen LogP contribution >= 0.6 is 0 Å². The highest BCUT2D eigenvalue weighted by atomic mass is 16.5. The van der Waals surface area contributed by atoms with Crippen LogP contribution in [0, 0.1) is 0 Å². The maximum Gasteiger partial charge on any atom is 0.290 e. The number of hydrogen-bond acceptors (Lipinski definition) is 6. The van der Waals surface area contributed by atoms with Crippen LogP contribution in [-0.4, -0.2) is 59.9 Å². The standard InChI is InChI=1S/C24H28N2O5/c1-4-25(5-2)14-15-26-22(18-10-6-7-11-20(18)30-3)21(23(28)24(26)29)19(27)13-12-17-9-8-16-31-17/h6-13,16,22,28H,4-5,14-15H2,1-3H3/b13-12+. The molecule has 0 saturated heterocycles. The van der Waals surface area contributed by atoms with E-state index < -0.39 is 23.5 Å². The Morgan fingerprint density at radius 3 is 2.61 bits per heavy atom. The number of benzene rings is 1. The predicted molar refractivity (Wildman–Crippen MR) is 118 cm³/mol. The van der Waals surface area contributed by atoms with Crippen LogP contribution in [0.15, 0.2) is 64.5 Å². The zero-order chi connectivity index (χ0) is 22.4. The van der Waals surface area contributed by atoms with Crippen LogP contribution < -0.4 is 4.74 Å². The van der Waals surface area contributed by atoms with E-state index in [-0.39, 0.29) is 5.57 Å². The van der Waals surface area contributed by atoms with Gasteiger partial charge in [-0.3, -0.25) is 9.59 Å². The number of carbonyl (C=O) groups excluding carboxylic acids is 2. The second-order valence-corrected chi connectivity index (χ2v) is 7.15. The van der Waals surface area contributed by atoms with E-state index in [0.29, 0.717) is 30.2 Å². The number of methoxy groups -OCH3 is 1. The number of aliphatic hydroxyl groups excluding tert-OH is 1. The van der Waals surface area contributed by atoms with E-state index in [2.05, 4.69) is 18.7 Å². The van der Waals surface area contributed by atoms with Crippen molar-refractivity contribution in [3.8, 4) is 5.75 Å². The zero-order valence-corrected chi connectivity index (χ0v) is 18.1. The van der Waals surface area contributed by atoms with Crippen molar-refractivity contribution >= 4 is 17.8 Å². The summed E-state index contributed by atoms with van der Waals surface area (Å²) in [5.41, 5.74) is 0.688. The molecule has 1 atom stereocenters. The molecule has 7 heteroatoms. The van der Waals surface area contributed by atoms with Gasteiger partial charge in [0.2, 0.25) is 0 Å². The van der Waals surface area contributed by atoms with E-state index in [4.69, 9.17) is 9.15 Å². The van der Waals surface area contributed by atoms with E-state index in [0.717, 1.165) is 13.1 Å². The average Bonchev–Trinajstić information content (AvgIpc) is 3.40. The number of amides is 1. The number of likely N-dealkylation sites (N-methyl/N-ethyl adjacent to an activating group) is 1. The quantitative estimate of drug-likeness (QED) is 0.587. The summed E-state index contributed by atoms with van der Waals surface area (Å²) >= 11 is 0. The third-order valence-electron chi connectivity index (χ3n) is 5.50. The number of ketones is 1. The molecular weight excluding hydrogens is 396 g/mol. The van der Waals surface area contributed by atoms with Crippen molar-refractivity contribution in [2.24, 2.45) is 0 Å². The van der Waals surface area contributed by atoms with Crippen LogP contribution in [0.4, 0.5) is 0 Å².